The summed E-state index contributed by atoms with van der Waals surface area (Å²) < 4.78 is 91.3. The maximum Gasteiger partial charge on any atom is 0.463 e. The standard InChI is InChI=1S/C26H21Cl2F6N3O5/c27-13-1-4-19-18(5-13)37(23(40)25(30,31)26(32,33)34)10-20(42-19)22(39)35-17-9-24(7-12(17)8-24)36-21(38)11-41-14-2-3-15(28)16(29)6-14/h1-6,12,17,20H,7-11H2,(H,35,39)(H,36,38)/t12?,17-,20?,24?/m1/s1. The average molecular weight is 640 g/mol. The van der Waals surface area contributed by atoms with E-state index in [9.17, 15) is 40.7 Å². The molecule has 2 aromatic carbocycles. The van der Waals surface area contributed by atoms with Crippen LogP contribution in [0.3, 0.4) is 0 Å². The lowest BCUT2D eigenvalue weighted by atomic mass is 9.76. The predicted molar refractivity (Wildman–Crippen MR) is 136 cm³/mol. The summed E-state index contributed by atoms with van der Waals surface area (Å²) >= 11 is 11.5. The van der Waals surface area contributed by atoms with Gasteiger partial charge in [-0.1, -0.05) is 23.2 Å². The van der Waals surface area contributed by atoms with Gasteiger partial charge in [0.05, 0.1) is 17.3 Å². The molecule has 1 heterocycles. The molecule has 2 aromatic rings. The number of fused-ring (bicyclic) bond motifs is 2. The van der Waals surface area contributed by atoms with E-state index in [-0.39, 0.29) is 32.4 Å². The summed E-state index contributed by atoms with van der Waals surface area (Å²) in [6, 6.07) is 6.65. The van der Waals surface area contributed by atoms with Crippen molar-refractivity contribution < 1.29 is 50.2 Å². The molecule has 16 heteroatoms. The Morgan fingerprint density at radius 3 is 2.43 bits per heavy atom. The number of ether oxygens (including phenoxy) is 2. The number of alkyl halides is 5. The quantitative estimate of drug-likeness (QED) is 0.430. The van der Waals surface area contributed by atoms with E-state index in [2.05, 4.69) is 10.6 Å². The molecule has 2 atom stereocenters. The molecule has 3 fully saturated rings. The molecule has 2 N–H and O–H groups in total. The van der Waals surface area contributed by atoms with Gasteiger partial charge in [0.2, 0.25) is 0 Å². The zero-order chi connectivity index (χ0) is 30.6. The van der Waals surface area contributed by atoms with Gasteiger partial charge in [-0.3, -0.25) is 19.3 Å². The molecule has 8 nitrogen and oxygen atoms in total. The predicted octanol–water partition coefficient (Wildman–Crippen LogP) is 4.66. The normalized spacial score (nSPS) is 24.7. The van der Waals surface area contributed by atoms with Crippen molar-refractivity contribution in [1.29, 1.82) is 0 Å². The van der Waals surface area contributed by atoms with Crippen molar-refractivity contribution in [3.63, 3.8) is 0 Å². The van der Waals surface area contributed by atoms with Gasteiger partial charge in [-0.15, -0.1) is 0 Å². The number of benzene rings is 2. The molecular formula is C26H21Cl2F6N3O5. The average Bonchev–Trinajstić information content (AvgIpc) is 3.41. The lowest BCUT2D eigenvalue weighted by Gasteiger charge is -2.39. The van der Waals surface area contributed by atoms with E-state index in [4.69, 9.17) is 32.7 Å². The van der Waals surface area contributed by atoms with Crippen LogP contribution < -0.4 is 25.0 Å². The highest BCUT2D eigenvalue weighted by Crippen LogP contribution is 2.52. The lowest BCUT2D eigenvalue weighted by Crippen LogP contribution is -2.58. The largest absolute Gasteiger partial charge is 0.484 e. The maximum absolute atomic E-state index is 14.0. The third kappa shape index (κ3) is 5.65. The third-order valence-electron chi connectivity index (χ3n) is 7.47. The van der Waals surface area contributed by atoms with Crippen molar-refractivity contribution in [3.05, 3.63) is 52.3 Å². The summed E-state index contributed by atoms with van der Waals surface area (Å²) in [5, 5.41) is 5.39. The molecule has 0 aromatic heterocycles. The van der Waals surface area contributed by atoms with Gasteiger partial charge in [-0.25, -0.2) is 4.39 Å². The van der Waals surface area contributed by atoms with E-state index < -0.39 is 72.2 Å². The number of nitrogens with zero attached hydrogens (tertiary/aromatic N) is 1. The number of carbonyl (C=O) groups is 3. The molecule has 1 unspecified atom stereocenters. The first kappa shape index (κ1) is 30.1. The van der Waals surface area contributed by atoms with Gasteiger partial charge >= 0.3 is 18.0 Å². The van der Waals surface area contributed by atoms with Crippen molar-refractivity contribution in [2.75, 3.05) is 18.1 Å². The van der Waals surface area contributed by atoms with Gasteiger partial charge in [0, 0.05) is 22.7 Å². The highest BCUT2D eigenvalue weighted by Gasteiger charge is 2.65. The summed E-state index contributed by atoms with van der Waals surface area (Å²) in [4.78, 5) is 38.1. The second-order valence-corrected chi connectivity index (χ2v) is 11.2. The SMILES string of the molecule is O=C(COc1ccc(Cl)c(F)c1)NC12CC(C1)[C@H](NC(=O)C1CN(C(=O)C(F)(F)C(F)(F)F)c3cc(Cl)ccc3O1)C2. The van der Waals surface area contributed by atoms with Crippen LogP contribution in [0.2, 0.25) is 10.0 Å². The molecule has 42 heavy (non-hydrogen) atoms. The number of halogens is 8. The van der Waals surface area contributed by atoms with Gasteiger partial charge in [-0.05, 0) is 55.5 Å². The van der Waals surface area contributed by atoms with Gasteiger partial charge in [0.1, 0.15) is 17.3 Å². The smallest absolute Gasteiger partial charge is 0.463 e. The fraction of sp³-hybridized carbons (Fsp3) is 0.423. The van der Waals surface area contributed by atoms with Crippen LogP contribution in [-0.4, -0.2) is 60.7 Å². The number of hydrogen-bond acceptors (Lipinski definition) is 5. The lowest BCUT2D eigenvalue weighted by molar-refractivity contribution is -0.268. The number of anilines is 1. The van der Waals surface area contributed by atoms with Crippen LogP contribution in [0.5, 0.6) is 11.5 Å². The molecule has 6 rings (SSSR count). The fourth-order valence-electron chi connectivity index (χ4n) is 5.50. The number of carbonyl (C=O) groups excluding carboxylic acids is 3. The van der Waals surface area contributed by atoms with E-state index in [1.165, 1.54) is 18.2 Å². The molecule has 3 aliphatic carbocycles. The van der Waals surface area contributed by atoms with Crippen molar-refractivity contribution >= 4 is 46.6 Å². The van der Waals surface area contributed by atoms with Gasteiger partial charge in [-0.2, -0.15) is 22.0 Å². The summed E-state index contributed by atoms with van der Waals surface area (Å²) in [5.41, 5.74) is -1.09. The van der Waals surface area contributed by atoms with Crippen molar-refractivity contribution in [1.82, 2.24) is 10.6 Å². The minimum Gasteiger partial charge on any atom is -0.484 e. The monoisotopic (exact) mass is 639 g/mol. The fourth-order valence-corrected chi connectivity index (χ4v) is 5.79. The van der Waals surface area contributed by atoms with Crippen molar-refractivity contribution in [3.8, 4) is 11.5 Å². The van der Waals surface area contributed by atoms with Gasteiger partial charge < -0.3 is 20.1 Å². The molecule has 4 aliphatic rings. The van der Waals surface area contributed by atoms with E-state index >= 15 is 0 Å². The molecule has 1 aliphatic heterocycles. The minimum atomic E-state index is -6.17. The van der Waals surface area contributed by atoms with Crippen LogP contribution in [0.1, 0.15) is 19.3 Å². The molecule has 3 amide bonds. The number of rotatable bonds is 7. The Hall–Kier alpha value is -3.39. The summed E-state index contributed by atoms with van der Waals surface area (Å²) in [7, 11) is 0. The Kier molecular flexibility index (Phi) is 7.67. The first-order valence-electron chi connectivity index (χ1n) is 12.5. The van der Waals surface area contributed by atoms with Crippen molar-refractivity contribution in [2.45, 2.75) is 49.0 Å². The van der Waals surface area contributed by atoms with E-state index in [0.717, 1.165) is 18.2 Å². The zero-order valence-electron chi connectivity index (χ0n) is 21.2. The second kappa shape index (κ2) is 10.7. The van der Waals surface area contributed by atoms with E-state index in [1.807, 2.05) is 0 Å². The van der Waals surface area contributed by atoms with Crippen molar-refractivity contribution in [2.24, 2.45) is 5.92 Å². The summed E-state index contributed by atoms with van der Waals surface area (Å²) in [5.74, 6) is -10.6. The molecule has 0 saturated heterocycles. The van der Waals surface area contributed by atoms with E-state index in [1.54, 1.807) is 0 Å². The number of hydrogen-bond donors (Lipinski definition) is 2. The third-order valence-corrected chi connectivity index (χ3v) is 8.01. The van der Waals surface area contributed by atoms with Crippen LogP contribution in [0.25, 0.3) is 0 Å². The highest BCUT2D eigenvalue weighted by molar-refractivity contribution is 6.31. The number of amides is 3. The van der Waals surface area contributed by atoms with Crippen LogP contribution in [0, 0.1) is 11.7 Å². The minimum absolute atomic E-state index is 0.0532. The summed E-state index contributed by atoms with van der Waals surface area (Å²) in [6.07, 6.45) is -6.46. The van der Waals surface area contributed by atoms with Gasteiger partial charge in [0.15, 0.2) is 12.7 Å². The van der Waals surface area contributed by atoms with Crippen LogP contribution in [0.15, 0.2) is 36.4 Å². The number of nitrogens with one attached hydrogen (secondary N) is 2. The topological polar surface area (TPSA) is 97.0 Å². The van der Waals surface area contributed by atoms with E-state index in [0.29, 0.717) is 19.3 Å². The maximum atomic E-state index is 14.0. The molecule has 0 spiro atoms. The first-order valence-corrected chi connectivity index (χ1v) is 13.3. The Morgan fingerprint density at radius 2 is 1.76 bits per heavy atom. The molecular weight excluding hydrogens is 619 g/mol. The molecule has 226 valence electrons. The molecule has 2 bridgehead atoms. The second-order valence-electron chi connectivity index (χ2n) is 10.4. The highest BCUT2D eigenvalue weighted by atomic mass is 35.5. The van der Waals surface area contributed by atoms with Crippen LogP contribution in [0.4, 0.5) is 32.0 Å². The van der Waals surface area contributed by atoms with Crippen LogP contribution >= 0.6 is 23.2 Å². The Bertz CT molecular complexity index is 1440. The Balaban J connectivity index is 1.21. The Morgan fingerprint density at radius 1 is 1.05 bits per heavy atom. The summed E-state index contributed by atoms with van der Waals surface area (Å²) in [6.45, 7) is -1.33. The molecule has 0 radical (unpaired) electrons. The Labute approximate surface area is 244 Å². The van der Waals surface area contributed by atoms with Crippen LogP contribution in [-0.2, 0) is 14.4 Å². The van der Waals surface area contributed by atoms with Gasteiger partial charge in [0.25, 0.3) is 11.8 Å². The molecule has 3 saturated carbocycles. The first-order chi connectivity index (χ1) is 19.6. The zero-order valence-corrected chi connectivity index (χ0v) is 22.8.